The van der Waals surface area contributed by atoms with Crippen molar-refractivity contribution >= 4 is 5.78 Å². The molecule has 6 atom stereocenters. The smallest absolute Gasteiger partial charge is 0.139 e. The molecule has 0 radical (unpaired) electrons. The van der Waals surface area contributed by atoms with Crippen molar-refractivity contribution in [2.24, 2.45) is 28.6 Å². The van der Waals surface area contributed by atoms with Gasteiger partial charge < -0.3 is 10.0 Å². The summed E-state index contributed by atoms with van der Waals surface area (Å²) in [7, 11) is 0. The van der Waals surface area contributed by atoms with Gasteiger partial charge in [-0.1, -0.05) is 19.9 Å². The molecule has 0 bridgehead atoms. The quantitative estimate of drug-likeness (QED) is 0.770. The standard InChI is InChI=1S/C23H33NO2/c1-22-10-9-16(24-11-3-4-12-24)13-15(22)5-6-17-18-7-8-20(26)23(18,2)14-19(25)21(17)22/h5,13,17-19,21,25H,3-4,6-12,14H2,1-2H3. The molecule has 1 heterocycles. The Kier molecular flexibility index (Phi) is 3.74. The zero-order valence-electron chi connectivity index (χ0n) is 16.3. The molecule has 1 aliphatic heterocycles. The van der Waals surface area contributed by atoms with E-state index in [0.29, 0.717) is 30.0 Å². The SMILES string of the molecule is CC12CC(O)C3C(CC=C4C=C(N5CCCC5)CCC43C)C1CCC2=O. The summed E-state index contributed by atoms with van der Waals surface area (Å²) < 4.78 is 0. The van der Waals surface area contributed by atoms with Crippen LogP contribution in [0.4, 0.5) is 0 Å². The zero-order chi connectivity index (χ0) is 18.1. The van der Waals surface area contributed by atoms with Crippen LogP contribution >= 0.6 is 0 Å². The van der Waals surface area contributed by atoms with Crippen molar-refractivity contribution in [3.63, 3.8) is 0 Å². The van der Waals surface area contributed by atoms with Crippen molar-refractivity contribution < 1.29 is 9.90 Å². The van der Waals surface area contributed by atoms with Crippen LogP contribution in [0, 0.1) is 28.6 Å². The molecule has 6 unspecified atom stereocenters. The van der Waals surface area contributed by atoms with Crippen LogP contribution in [0.5, 0.6) is 0 Å². The minimum Gasteiger partial charge on any atom is -0.393 e. The lowest BCUT2D eigenvalue weighted by Crippen LogP contribution is -2.55. The van der Waals surface area contributed by atoms with Gasteiger partial charge in [0.25, 0.3) is 0 Å². The van der Waals surface area contributed by atoms with E-state index in [1.807, 2.05) is 0 Å². The summed E-state index contributed by atoms with van der Waals surface area (Å²) in [5.41, 5.74) is 2.81. The van der Waals surface area contributed by atoms with Crippen LogP contribution in [0.25, 0.3) is 0 Å². The number of likely N-dealkylation sites (tertiary alicyclic amines) is 1. The van der Waals surface area contributed by atoms with Crippen molar-refractivity contribution in [2.45, 2.75) is 71.3 Å². The van der Waals surface area contributed by atoms with Gasteiger partial charge in [-0.15, -0.1) is 0 Å². The van der Waals surface area contributed by atoms with Gasteiger partial charge >= 0.3 is 0 Å². The predicted octanol–water partition coefficient (Wildman–Crippen LogP) is 4.08. The van der Waals surface area contributed by atoms with Crippen LogP contribution in [0.1, 0.15) is 65.2 Å². The lowest BCUT2D eigenvalue weighted by molar-refractivity contribution is -0.143. The van der Waals surface area contributed by atoms with Gasteiger partial charge in [0.05, 0.1) is 6.10 Å². The normalized spacial score (nSPS) is 47.8. The number of aliphatic hydroxyl groups is 1. The van der Waals surface area contributed by atoms with Gasteiger partial charge in [-0.2, -0.15) is 0 Å². The van der Waals surface area contributed by atoms with Crippen LogP contribution in [0.15, 0.2) is 23.4 Å². The molecule has 1 N–H and O–H groups in total. The maximum absolute atomic E-state index is 12.6. The number of carbonyl (C=O) groups is 1. The predicted molar refractivity (Wildman–Crippen MR) is 102 cm³/mol. The van der Waals surface area contributed by atoms with E-state index in [4.69, 9.17) is 0 Å². The number of Topliss-reactive ketones (excluding diaryl/α,β-unsaturated/α-hetero) is 1. The minimum absolute atomic E-state index is 0.0819. The molecule has 3 nitrogen and oxygen atoms in total. The second-order valence-electron chi connectivity index (χ2n) is 10.1. The third-order valence-corrected chi connectivity index (χ3v) is 8.90. The Morgan fingerprint density at radius 3 is 2.69 bits per heavy atom. The van der Waals surface area contributed by atoms with Gasteiger partial charge in [-0.05, 0) is 79.8 Å². The van der Waals surface area contributed by atoms with Gasteiger partial charge in [0.1, 0.15) is 5.78 Å². The highest BCUT2D eigenvalue weighted by Crippen LogP contribution is 2.63. The summed E-state index contributed by atoms with van der Waals surface area (Å²) in [5.74, 6) is 1.68. The second kappa shape index (κ2) is 5.70. The number of nitrogens with zero attached hydrogens (tertiary/aromatic N) is 1. The van der Waals surface area contributed by atoms with Crippen LogP contribution in [0.3, 0.4) is 0 Å². The number of aliphatic hydroxyl groups excluding tert-OH is 1. The van der Waals surface area contributed by atoms with E-state index in [9.17, 15) is 9.90 Å². The highest BCUT2D eigenvalue weighted by atomic mass is 16.3. The Bertz CT molecular complexity index is 688. The highest BCUT2D eigenvalue weighted by molar-refractivity contribution is 5.87. The molecule has 5 aliphatic rings. The first-order chi connectivity index (χ1) is 12.4. The van der Waals surface area contributed by atoms with E-state index in [1.54, 1.807) is 0 Å². The van der Waals surface area contributed by atoms with E-state index in [-0.39, 0.29) is 16.9 Å². The number of carbonyl (C=O) groups excluding carboxylic acids is 1. The lowest BCUT2D eigenvalue weighted by Gasteiger charge is -2.57. The Hall–Kier alpha value is -1.09. The fourth-order valence-corrected chi connectivity index (χ4v) is 7.47. The topological polar surface area (TPSA) is 40.5 Å². The van der Waals surface area contributed by atoms with E-state index in [0.717, 1.165) is 32.1 Å². The molecule has 142 valence electrons. The fourth-order valence-electron chi connectivity index (χ4n) is 7.47. The average molecular weight is 356 g/mol. The Morgan fingerprint density at radius 1 is 1.15 bits per heavy atom. The lowest BCUT2D eigenvalue weighted by atomic mass is 9.48. The maximum atomic E-state index is 12.6. The molecular weight excluding hydrogens is 322 g/mol. The van der Waals surface area contributed by atoms with Gasteiger partial charge in [-0.3, -0.25) is 4.79 Å². The van der Waals surface area contributed by atoms with Crippen molar-refractivity contribution in [3.8, 4) is 0 Å². The number of ketones is 1. The first-order valence-corrected chi connectivity index (χ1v) is 10.8. The van der Waals surface area contributed by atoms with Crippen molar-refractivity contribution in [2.75, 3.05) is 13.1 Å². The molecule has 0 spiro atoms. The minimum atomic E-state index is -0.335. The third kappa shape index (κ3) is 2.19. The second-order valence-corrected chi connectivity index (χ2v) is 10.1. The Labute approximate surface area is 157 Å². The van der Waals surface area contributed by atoms with Crippen molar-refractivity contribution in [1.29, 1.82) is 0 Å². The number of hydrogen-bond acceptors (Lipinski definition) is 3. The molecule has 4 aliphatic carbocycles. The molecule has 0 aromatic rings. The van der Waals surface area contributed by atoms with Gasteiger partial charge in [0.2, 0.25) is 0 Å². The molecule has 0 aromatic heterocycles. The Morgan fingerprint density at radius 2 is 1.92 bits per heavy atom. The molecule has 0 aromatic carbocycles. The summed E-state index contributed by atoms with van der Waals surface area (Å²) in [6, 6.07) is 0. The average Bonchev–Trinajstić information content (AvgIpc) is 3.23. The number of allylic oxidation sites excluding steroid dienone is 4. The summed E-state index contributed by atoms with van der Waals surface area (Å²) in [6.07, 6.45) is 13.0. The van der Waals surface area contributed by atoms with Gasteiger partial charge in [-0.25, -0.2) is 0 Å². The monoisotopic (exact) mass is 355 g/mol. The molecule has 26 heavy (non-hydrogen) atoms. The van der Waals surface area contributed by atoms with E-state index in [2.05, 4.69) is 30.9 Å². The zero-order valence-corrected chi connectivity index (χ0v) is 16.3. The molecular formula is C23H33NO2. The van der Waals surface area contributed by atoms with Gasteiger partial charge in [0.15, 0.2) is 0 Å². The molecule has 5 rings (SSSR count). The van der Waals surface area contributed by atoms with Gasteiger partial charge in [0, 0.05) is 30.6 Å². The number of hydrogen-bond donors (Lipinski definition) is 1. The third-order valence-electron chi connectivity index (χ3n) is 8.90. The van der Waals surface area contributed by atoms with E-state index >= 15 is 0 Å². The first kappa shape index (κ1) is 17.0. The van der Waals surface area contributed by atoms with Crippen molar-refractivity contribution in [1.82, 2.24) is 4.90 Å². The first-order valence-electron chi connectivity index (χ1n) is 10.8. The summed E-state index contributed by atoms with van der Waals surface area (Å²) in [6.45, 7) is 6.97. The van der Waals surface area contributed by atoms with Crippen LogP contribution in [0.2, 0.25) is 0 Å². The molecule has 3 heteroatoms. The Balaban J connectivity index is 1.50. The fraction of sp³-hybridized carbons (Fsp3) is 0.783. The highest BCUT2D eigenvalue weighted by Gasteiger charge is 2.61. The van der Waals surface area contributed by atoms with Crippen LogP contribution in [-0.2, 0) is 4.79 Å². The molecule has 3 fully saturated rings. The summed E-state index contributed by atoms with van der Waals surface area (Å²) >= 11 is 0. The molecule has 1 saturated heterocycles. The number of fused-ring (bicyclic) bond motifs is 5. The van der Waals surface area contributed by atoms with E-state index < -0.39 is 0 Å². The molecule has 0 amide bonds. The van der Waals surface area contributed by atoms with Crippen LogP contribution < -0.4 is 0 Å². The summed E-state index contributed by atoms with van der Waals surface area (Å²) in [5, 5.41) is 11.2. The number of rotatable bonds is 1. The maximum Gasteiger partial charge on any atom is 0.139 e. The summed E-state index contributed by atoms with van der Waals surface area (Å²) in [4.78, 5) is 15.1. The van der Waals surface area contributed by atoms with Crippen molar-refractivity contribution in [3.05, 3.63) is 23.4 Å². The van der Waals surface area contributed by atoms with E-state index in [1.165, 1.54) is 37.2 Å². The van der Waals surface area contributed by atoms with Crippen LogP contribution in [-0.4, -0.2) is 35.0 Å². The molecule has 2 saturated carbocycles. The largest absolute Gasteiger partial charge is 0.393 e.